The van der Waals surface area contributed by atoms with Crippen molar-refractivity contribution in [2.75, 3.05) is 5.32 Å². The van der Waals surface area contributed by atoms with Gasteiger partial charge in [0, 0.05) is 11.8 Å². The number of nitrogens with one attached hydrogen (secondary N) is 1. The molecule has 4 heteroatoms. The Morgan fingerprint density at radius 2 is 2.33 bits per heavy atom. The van der Waals surface area contributed by atoms with Crippen molar-refractivity contribution < 1.29 is 0 Å². The van der Waals surface area contributed by atoms with Gasteiger partial charge in [-0.25, -0.2) is 4.98 Å². The van der Waals surface area contributed by atoms with Crippen LogP contribution in [0.3, 0.4) is 0 Å². The quantitative estimate of drug-likeness (QED) is 0.515. The van der Waals surface area contributed by atoms with Crippen LogP contribution in [0.15, 0.2) is 24.4 Å². The Kier molecular flexibility index (Phi) is 1.95. The molecule has 0 amide bonds. The van der Waals surface area contributed by atoms with Gasteiger partial charge in [0.05, 0.1) is 5.03 Å². The van der Waals surface area contributed by atoms with Crippen LogP contribution in [-0.4, -0.2) is 10.5 Å². The van der Waals surface area contributed by atoms with Gasteiger partial charge >= 0.3 is 0 Å². The Labute approximate surface area is 80.2 Å². The van der Waals surface area contributed by atoms with E-state index in [0.717, 1.165) is 11.4 Å². The van der Waals surface area contributed by atoms with E-state index in [1.165, 1.54) is 0 Å². The summed E-state index contributed by atoms with van der Waals surface area (Å²) in [5, 5.41) is 3.63. The molecule has 12 heavy (non-hydrogen) atoms. The van der Waals surface area contributed by atoms with Gasteiger partial charge in [-0.15, -0.1) is 0 Å². The maximum Gasteiger partial charge on any atom is 0.136 e. The van der Waals surface area contributed by atoms with Crippen LogP contribution < -0.4 is 5.32 Å². The zero-order valence-corrected chi connectivity index (χ0v) is 7.60. The number of hydrogen-bond acceptors (Lipinski definition) is 2. The Hall–Kier alpha value is -0.730. The molecule has 1 aliphatic rings. The minimum Gasteiger partial charge on any atom is -0.350 e. The summed E-state index contributed by atoms with van der Waals surface area (Å²) in [5.74, 6) is 0.741. The molecule has 1 N–H and O–H groups in total. The normalized spacial score (nSPS) is 20.8. The molecule has 0 bridgehead atoms. The second-order valence-electron chi connectivity index (χ2n) is 2.46. The summed E-state index contributed by atoms with van der Waals surface area (Å²) in [7, 11) is 0. The molecule has 0 saturated carbocycles. The number of rotatable bonds is 0. The molecule has 2 heterocycles. The monoisotopic (exact) mass is 200 g/mol. The number of fused-ring (bicyclic) bond motifs is 1. The average Bonchev–Trinajstić information content (AvgIpc) is 2.04. The van der Waals surface area contributed by atoms with E-state index in [-0.39, 0.29) is 5.50 Å². The topological polar surface area (TPSA) is 24.9 Å². The van der Waals surface area contributed by atoms with Crippen LogP contribution in [0.1, 0.15) is 5.56 Å². The molecule has 0 aromatic carbocycles. The van der Waals surface area contributed by atoms with Crippen molar-refractivity contribution in [3.63, 3.8) is 0 Å². The third-order valence-electron chi connectivity index (χ3n) is 1.63. The summed E-state index contributed by atoms with van der Waals surface area (Å²) in [6.07, 6.45) is 3.44. The molecule has 2 rings (SSSR count). The van der Waals surface area contributed by atoms with E-state index in [2.05, 4.69) is 10.3 Å². The van der Waals surface area contributed by atoms with E-state index >= 15 is 0 Å². The van der Waals surface area contributed by atoms with Crippen LogP contribution in [0.25, 0.3) is 5.03 Å². The van der Waals surface area contributed by atoms with E-state index in [1.54, 1.807) is 12.3 Å². The van der Waals surface area contributed by atoms with E-state index in [9.17, 15) is 0 Å². The predicted octanol–water partition coefficient (Wildman–Crippen LogP) is 2.65. The summed E-state index contributed by atoms with van der Waals surface area (Å²) < 4.78 is 0. The van der Waals surface area contributed by atoms with Gasteiger partial charge < -0.3 is 5.32 Å². The Balaban J connectivity index is 2.53. The van der Waals surface area contributed by atoms with Gasteiger partial charge in [0.1, 0.15) is 11.3 Å². The fraction of sp³-hybridized carbons (Fsp3) is 0.125. The fourth-order valence-corrected chi connectivity index (χ4v) is 1.68. The zero-order chi connectivity index (χ0) is 8.55. The van der Waals surface area contributed by atoms with Gasteiger partial charge in [-0.05, 0) is 18.2 Å². The number of aromatic nitrogens is 1. The van der Waals surface area contributed by atoms with Crippen LogP contribution in [0, 0.1) is 0 Å². The van der Waals surface area contributed by atoms with Crippen LogP contribution in [0.2, 0.25) is 0 Å². The largest absolute Gasteiger partial charge is 0.350 e. The molecule has 0 spiro atoms. The van der Waals surface area contributed by atoms with Gasteiger partial charge in [-0.2, -0.15) is 0 Å². The smallest absolute Gasteiger partial charge is 0.136 e. The number of nitrogens with zero attached hydrogens (tertiary/aromatic N) is 1. The van der Waals surface area contributed by atoms with Crippen molar-refractivity contribution in [1.82, 2.24) is 4.98 Å². The van der Waals surface area contributed by atoms with Gasteiger partial charge in [0.25, 0.3) is 0 Å². The highest BCUT2D eigenvalue weighted by atomic mass is 35.5. The molecular formula is C8H6Cl2N2. The molecule has 1 aromatic rings. The predicted molar refractivity (Wildman–Crippen MR) is 51.3 cm³/mol. The summed E-state index contributed by atoms with van der Waals surface area (Å²) in [6, 6.07) is 3.74. The summed E-state index contributed by atoms with van der Waals surface area (Å²) in [5.41, 5.74) is 0.635. The molecule has 0 radical (unpaired) electrons. The second-order valence-corrected chi connectivity index (χ2v) is 3.34. The van der Waals surface area contributed by atoms with Crippen molar-refractivity contribution in [2.24, 2.45) is 0 Å². The fourth-order valence-electron chi connectivity index (χ4n) is 1.10. The van der Waals surface area contributed by atoms with E-state index in [1.807, 2.05) is 12.1 Å². The molecule has 1 aliphatic heterocycles. The third-order valence-corrected chi connectivity index (χ3v) is 2.20. The highest BCUT2D eigenvalue weighted by Crippen LogP contribution is 2.30. The molecule has 1 aromatic heterocycles. The number of alkyl halides is 1. The van der Waals surface area contributed by atoms with Crippen LogP contribution in [0.5, 0.6) is 0 Å². The van der Waals surface area contributed by atoms with Gasteiger partial charge in [-0.1, -0.05) is 23.2 Å². The molecule has 0 aliphatic carbocycles. The summed E-state index contributed by atoms with van der Waals surface area (Å²) in [4.78, 5) is 4.10. The number of anilines is 1. The first kappa shape index (κ1) is 7.90. The minimum absolute atomic E-state index is 0.264. The molecule has 1 unspecified atom stereocenters. The van der Waals surface area contributed by atoms with Gasteiger partial charge in [0.15, 0.2) is 0 Å². The highest BCUT2D eigenvalue weighted by Gasteiger charge is 2.15. The van der Waals surface area contributed by atoms with E-state index in [0.29, 0.717) is 5.03 Å². The lowest BCUT2D eigenvalue weighted by molar-refractivity contribution is 1.14. The maximum absolute atomic E-state index is 5.94. The first-order chi connectivity index (χ1) is 5.77. The van der Waals surface area contributed by atoms with E-state index < -0.39 is 0 Å². The minimum atomic E-state index is -0.264. The lowest BCUT2D eigenvalue weighted by Gasteiger charge is -2.17. The zero-order valence-electron chi connectivity index (χ0n) is 6.09. The lowest BCUT2D eigenvalue weighted by Crippen LogP contribution is -2.15. The first-order valence-corrected chi connectivity index (χ1v) is 4.32. The van der Waals surface area contributed by atoms with E-state index in [4.69, 9.17) is 23.2 Å². The first-order valence-electron chi connectivity index (χ1n) is 3.51. The Morgan fingerprint density at radius 1 is 1.50 bits per heavy atom. The molecular weight excluding hydrogens is 195 g/mol. The molecule has 0 fully saturated rings. The molecule has 0 saturated heterocycles. The van der Waals surface area contributed by atoms with Crippen LogP contribution in [0.4, 0.5) is 5.82 Å². The van der Waals surface area contributed by atoms with Crippen LogP contribution >= 0.6 is 23.2 Å². The summed E-state index contributed by atoms with van der Waals surface area (Å²) in [6.45, 7) is 0. The Morgan fingerprint density at radius 3 is 3.17 bits per heavy atom. The Bertz CT molecular complexity index is 336. The lowest BCUT2D eigenvalue weighted by atomic mass is 10.2. The van der Waals surface area contributed by atoms with Gasteiger partial charge in [-0.3, -0.25) is 0 Å². The maximum atomic E-state index is 5.94. The second kappa shape index (κ2) is 2.96. The van der Waals surface area contributed by atoms with Crippen molar-refractivity contribution in [1.29, 1.82) is 0 Å². The SMILES string of the molecule is ClC1=CC(Cl)Nc2ncccc21. The number of halogens is 2. The molecule has 1 atom stereocenters. The van der Waals surface area contributed by atoms with Crippen LogP contribution in [-0.2, 0) is 0 Å². The van der Waals surface area contributed by atoms with Crippen molar-refractivity contribution >= 4 is 34.1 Å². The molecule has 2 nitrogen and oxygen atoms in total. The van der Waals surface area contributed by atoms with Gasteiger partial charge in [0.2, 0.25) is 0 Å². The highest BCUT2D eigenvalue weighted by molar-refractivity contribution is 6.50. The number of pyridine rings is 1. The molecule has 62 valence electrons. The average molecular weight is 201 g/mol. The van der Waals surface area contributed by atoms with Crippen molar-refractivity contribution in [3.8, 4) is 0 Å². The van der Waals surface area contributed by atoms with Crippen molar-refractivity contribution in [2.45, 2.75) is 5.50 Å². The number of hydrogen-bond donors (Lipinski definition) is 1. The van der Waals surface area contributed by atoms with Crippen molar-refractivity contribution in [3.05, 3.63) is 30.0 Å². The standard InChI is InChI=1S/C8H6Cl2N2/c9-6-4-7(10)12-8-5(6)2-1-3-11-8/h1-4,7H,(H,11,12). The third kappa shape index (κ3) is 1.28. The summed E-state index contributed by atoms with van der Waals surface area (Å²) >= 11 is 11.8.